The molecule has 16 heavy (non-hydrogen) atoms. The van der Waals surface area contributed by atoms with E-state index >= 15 is 0 Å². The molecule has 2 rings (SSSR count). The Morgan fingerprint density at radius 3 is 2.50 bits per heavy atom. The minimum atomic E-state index is -0.191. The van der Waals surface area contributed by atoms with Crippen LogP contribution in [0, 0.1) is 0 Å². The van der Waals surface area contributed by atoms with Crippen LogP contribution in [-0.2, 0) is 0 Å². The summed E-state index contributed by atoms with van der Waals surface area (Å²) in [6.07, 6.45) is 4.77. The van der Waals surface area contributed by atoms with Crippen molar-refractivity contribution in [2.45, 2.75) is 19.8 Å². The molecule has 0 saturated carbocycles. The van der Waals surface area contributed by atoms with Crippen molar-refractivity contribution >= 4 is 0 Å². The van der Waals surface area contributed by atoms with Crippen molar-refractivity contribution in [3.63, 3.8) is 0 Å². The van der Waals surface area contributed by atoms with E-state index in [4.69, 9.17) is 0 Å². The first kappa shape index (κ1) is 10.5. The molecule has 0 aliphatic heterocycles. The normalized spacial score (nSPS) is 10.7. The zero-order chi connectivity index (χ0) is 11.5. The van der Waals surface area contributed by atoms with E-state index in [1.807, 2.05) is 13.8 Å². The second-order valence-corrected chi connectivity index (χ2v) is 3.73. The number of rotatable bonds is 2. The van der Waals surface area contributed by atoms with Crippen LogP contribution in [0.3, 0.4) is 0 Å². The molecule has 0 fully saturated rings. The van der Waals surface area contributed by atoms with Crippen molar-refractivity contribution in [2.24, 2.45) is 0 Å². The van der Waals surface area contributed by atoms with Crippen LogP contribution in [0.1, 0.15) is 25.6 Å². The van der Waals surface area contributed by atoms with E-state index in [-0.39, 0.29) is 11.5 Å². The molecule has 0 spiro atoms. The molecule has 5 heteroatoms. The van der Waals surface area contributed by atoms with E-state index in [9.17, 15) is 4.79 Å². The second-order valence-electron chi connectivity index (χ2n) is 3.73. The highest BCUT2D eigenvalue weighted by Gasteiger charge is 2.04. The predicted molar refractivity (Wildman–Crippen MR) is 59.5 cm³/mol. The molecular weight excluding hydrogens is 204 g/mol. The smallest absolute Gasteiger partial charge is 0.267 e. The molecule has 0 unspecified atom stereocenters. The molecule has 0 bridgehead atoms. The predicted octanol–water partition coefficient (Wildman–Crippen LogP) is 1.15. The lowest BCUT2D eigenvalue weighted by Gasteiger charge is -2.05. The summed E-state index contributed by atoms with van der Waals surface area (Å²) in [7, 11) is 0. The highest BCUT2D eigenvalue weighted by molar-refractivity contribution is 5.23. The molecule has 0 amide bonds. The van der Waals surface area contributed by atoms with Gasteiger partial charge in [0.2, 0.25) is 0 Å². The van der Waals surface area contributed by atoms with Gasteiger partial charge < -0.3 is 0 Å². The molecular formula is C11H12N4O. The van der Waals surface area contributed by atoms with Gasteiger partial charge in [-0.05, 0) is 6.07 Å². The first-order valence-corrected chi connectivity index (χ1v) is 5.05. The Morgan fingerprint density at radius 1 is 1.25 bits per heavy atom. The molecule has 0 saturated heterocycles. The Bertz CT molecular complexity index is 530. The molecule has 0 radical (unpaired) electrons. The van der Waals surface area contributed by atoms with Gasteiger partial charge in [0.1, 0.15) is 11.5 Å². The highest BCUT2D eigenvalue weighted by Crippen LogP contribution is 2.08. The Labute approximate surface area is 92.8 Å². The Morgan fingerprint density at radius 2 is 1.94 bits per heavy atom. The topological polar surface area (TPSA) is 60.7 Å². The summed E-state index contributed by atoms with van der Waals surface area (Å²) in [5.41, 5.74) is 0.387. The minimum Gasteiger partial charge on any atom is -0.267 e. The molecule has 5 nitrogen and oxygen atoms in total. The summed E-state index contributed by atoms with van der Waals surface area (Å²) >= 11 is 0. The second kappa shape index (κ2) is 4.22. The van der Waals surface area contributed by atoms with Crippen molar-refractivity contribution in [3.05, 3.63) is 46.9 Å². The van der Waals surface area contributed by atoms with Gasteiger partial charge in [0, 0.05) is 18.2 Å². The van der Waals surface area contributed by atoms with E-state index in [1.54, 1.807) is 24.7 Å². The van der Waals surface area contributed by atoms with Crippen LogP contribution in [-0.4, -0.2) is 19.7 Å². The Balaban J connectivity index is 2.43. The zero-order valence-electron chi connectivity index (χ0n) is 9.16. The van der Waals surface area contributed by atoms with E-state index in [1.165, 1.54) is 10.7 Å². The maximum Gasteiger partial charge on any atom is 0.271 e. The quantitative estimate of drug-likeness (QED) is 0.755. The van der Waals surface area contributed by atoms with Gasteiger partial charge in [0.05, 0.1) is 12.4 Å². The van der Waals surface area contributed by atoms with Crippen LogP contribution in [0.4, 0.5) is 0 Å². The lowest BCUT2D eigenvalue weighted by atomic mass is 10.2. The molecule has 2 heterocycles. The third-order valence-corrected chi connectivity index (χ3v) is 2.13. The molecule has 0 N–H and O–H groups in total. The van der Waals surface area contributed by atoms with Crippen molar-refractivity contribution in [1.29, 1.82) is 0 Å². The monoisotopic (exact) mass is 216 g/mol. The molecule has 0 aliphatic rings. The highest BCUT2D eigenvalue weighted by atomic mass is 16.1. The van der Waals surface area contributed by atoms with Crippen LogP contribution in [0.5, 0.6) is 0 Å². The standard InChI is InChI=1S/C11H12N4O/c1-8(2)11-12-6-9(7-13-11)15-10(16)4-3-5-14-15/h3-8H,1-2H3. The third-order valence-electron chi connectivity index (χ3n) is 2.13. The molecule has 0 aromatic carbocycles. The minimum absolute atomic E-state index is 0.191. The SMILES string of the molecule is CC(C)c1ncc(-n2ncccc2=O)cn1. The number of aromatic nitrogens is 4. The van der Waals surface area contributed by atoms with E-state index < -0.39 is 0 Å². The Hall–Kier alpha value is -2.04. The van der Waals surface area contributed by atoms with Crippen molar-refractivity contribution in [2.75, 3.05) is 0 Å². The average Bonchev–Trinajstić information content (AvgIpc) is 2.30. The summed E-state index contributed by atoms with van der Waals surface area (Å²) in [5, 5.41) is 3.95. The fourth-order valence-corrected chi connectivity index (χ4v) is 1.29. The van der Waals surface area contributed by atoms with Crippen molar-refractivity contribution in [1.82, 2.24) is 19.7 Å². The largest absolute Gasteiger partial charge is 0.271 e. The number of hydrogen-bond donors (Lipinski definition) is 0. The van der Waals surface area contributed by atoms with Crippen LogP contribution in [0.2, 0.25) is 0 Å². The van der Waals surface area contributed by atoms with Gasteiger partial charge in [-0.1, -0.05) is 13.8 Å². The number of hydrogen-bond acceptors (Lipinski definition) is 4. The van der Waals surface area contributed by atoms with Crippen LogP contribution in [0.15, 0.2) is 35.5 Å². The molecule has 2 aromatic heterocycles. The first-order chi connectivity index (χ1) is 7.68. The third kappa shape index (κ3) is 1.98. The first-order valence-electron chi connectivity index (χ1n) is 5.05. The maximum absolute atomic E-state index is 11.5. The van der Waals surface area contributed by atoms with Gasteiger partial charge >= 0.3 is 0 Å². The van der Waals surface area contributed by atoms with Gasteiger partial charge in [0.25, 0.3) is 5.56 Å². The Kier molecular flexibility index (Phi) is 2.76. The van der Waals surface area contributed by atoms with Crippen LogP contribution < -0.4 is 5.56 Å². The fraction of sp³-hybridized carbons (Fsp3) is 0.273. The van der Waals surface area contributed by atoms with E-state index in [0.29, 0.717) is 5.69 Å². The molecule has 0 aliphatic carbocycles. The summed E-state index contributed by atoms with van der Waals surface area (Å²) in [4.78, 5) is 19.9. The summed E-state index contributed by atoms with van der Waals surface area (Å²) in [5.74, 6) is 1.03. The average molecular weight is 216 g/mol. The van der Waals surface area contributed by atoms with E-state index in [0.717, 1.165) is 5.82 Å². The van der Waals surface area contributed by atoms with Crippen LogP contribution in [0.25, 0.3) is 5.69 Å². The molecule has 2 aromatic rings. The lowest BCUT2D eigenvalue weighted by Crippen LogP contribution is -2.19. The van der Waals surface area contributed by atoms with Gasteiger partial charge in [-0.3, -0.25) is 4.79 Å². The lowest BCUT2D eigenvalue weighted by molar-refractivity contribution is 0.749. The summed E-state index contributed by atoms with van der Waals surface area (Å²) in [6, 6.07) is 3.05. The van der Waals surface area contributed by atoms with Crippen molar-refractivity contribution in [3.8, 4) is 5.69 Å². The maximum atomic E-state index is 11.5. The zero-order valence-corrected chi connectivity index (χ0v) is 9.16. The fourth-order valence-electron chi connectivity index (χ4n) is 1.29. The summed E-state index contributed by atoms with van der Waals surface area (Å²) < 4.78 is 1.27. The van der Waals surface area contributed by atoms with E-state index in [2.05, 4.69) is 15.1 Å². The van der Waals surface area contributed by atoms with Gasteiger partial charge in [-0.15, -0.1) is 0 Å². The van der Waals surface area contributed by atoms with Gasteiger partial charge in [0.15, 0.2) is 0 Å². The van der Waals surface area contributed by atoms with Gasteiger partial charge in [-0.25, -0.2) is 9.97 Å². The summed E-state index contributed by atoms with van der Waals surface area (Å²) in [6.45, 7) is 4.03. The molecule has 82 valence electrons. The molecule has 0 atom stereocenters. The van der Waals surface area contributed by atoms with Gasteiger partial charge in [-0.2, -0.15) is 9.78 Å². The van der Waals surface area contributed by atoms with Crippen molar-refractivity contribution < 1.29 is 0 Å². The number of nitrogens with zero attached hydrogens (tertiary/aromatic N) is 4. The van der Waals surface area contributed by atoms with Crippen LogP contribution >= 0.6 is 0 Å².